The van der Waals surface area contributed by atoms with Gasteiger partial charge in [-0.3, -0.25) is 9.58 Å². The molecule has 4 heterocycles. The molecule has 146 valence electrons. The lowest BCUT2D eigenvalue weighted by molar-refractivity contribution is -0.182. The monoisotopic (exact) mass is 371 g/mol. The molecule has 1 atom stereocenters. The van der Waals surface area contributed by atoms with Crippen molar-refractivity contribution in [2.75, 3.05) is 26.3 Å². The predicted octanol–water partition coefficient (Wildman–Crippen LogP) is 2.45. The van der Waals surface area contributed by atoms with Gasteiger partial charge in [0.2, 0.25) is 0 Å². The second-order valence-corrected chi connectivity index (χ2v) is 7.86. The van der Waals surface area contributed by atoms with Gasteiger partial charge in [-0.15, -0.1) is 0 Å². The summed E-state index contributed by atoms with van der Waals surface area (Å²) >= 11 is 0. The fraction of sp³-hybridized carbons (Fsp3) is 0.650. The Bertz CT molecular complexity index is 756. The smallest absolute Gasteiger partial charge is 0.316 e. The molecule has 1 unspecified atom stereocenters. The highest BCUT2D eigenvalue weighted by molar-refractivity contribution is 5.08. The van der Waals surface area contributed by atoms with Crippen molar-refractivity contribution in [1.82, 2.24) is 24.6 Å². The molecule has 0 amide bonds. The van der Waals surface area contributed by atoms with Gasteiger partial charge in [0.1, 0.15) is 0 Å². The Kier molecular flexibility index (Phi) is 5.41. The summed E-state index contributed by atoms with van der Waals surface area (Å²) in [5, 5.41) is 4.36. The summed E-state index contributed by atoms with van der Waals surface area (Å²) in [6, 6.07) is 2.37. The van der Waals surface area contributed by atoms with Gasteiger partial charge in [0, 0.05) is 56.4 Å². The van der Waals surface area contributed by atoms with Crippen LogP contribution in [0, 0.1) is 12.8 Å². The maximum atomic E-state index is 6.18. The van der Waals surface area contributed by atoms with Gasteiger partial charge in [-0.1, -0.05) is 0 Å². The molecule has 2 saturated heterocycles. The first-order chi connectivity index (χ1) is 13.1. The van der Waals surface area contributed by atoms with Crippen molar-refractivity contribution in [2.24, 2.45) is 5.92 Å². The lowest BCUT2D eigenvalue weighted by Crippen LogP contribution is -2.64. The van der Waals surface area contributed by atoms with Gasteiger partial charge in [-0.05, 0) is 45.1 Å². The Hall–Kier alpha value is -1.99. The summed E-state index contributed by atoms with van der Waals surface area (Å²) in [5.74, 6) is 0.647. The number of aromatic nitrogens is 4. The highest BCUT2D eigenvalue weighted by Gasteiger charge is 2.47. The molecule has 1 spiro atoms. The van der Waals surface area contributed by atoms with Gasteiger partial charge < -0.3 is 9.47 Å². The highest BCUT2D eigenvalue weighted by atomic mass is 16.5. The van der Waals surface area contributed by atoms with E-state index < -0.39 is 0 Å². The molecule has 0 radical (unpaired) electrons. The summed E-state index contributed by atoms with van der Waals surface area (Å²) < 4.78 is 13.9. The van der Waals surface area contributed by atoms with Crippen LogP contribution in [0.15, 0.2) is 24.7 Å². The summed E-state index contributed by atoms with van der Waals surface area (Å²) in [4.78, 5) is 10.9. The SMILES string of the molecule is CCn1cc(CN2CC3(CC(CCOc4nccc(C)n4)CCO3)C2)cn1. The minimum absolute atomic E-state index is 0.0451. The minimum atomic E-state index is 0.0451. The van der Waals surface area contributed by atoms with E-state index in [0.717, 1.165) is 57.7 Å². The number of likely N-dealkylation sites (tertiary alicyclic amines) is 1. The lowest BCUT2D eigenvalue weighted by atomic mass is 9.79. The average molecular weight is 371 g/mol. The normalized spacial score (nSPS) is 21.9. The number of ether oxygens (including phenoxy) is 2. The number of nitrogens with zero attached hydrogens (tertiary/aromatic N) is 5. The topological polar surface area (TPSA) is 65.3 Å². The van der Waals surface area contributed by atoms with Crippen LogP contribution in [0.5, 0.6) is 6.01 Å². The third-order valence-corrected chi connectivity index (χ3v) is 5.57. The van der Waals surface area contributed by atoms with Gasteiger partial charge in [-0.25, -0.2) is 9.97 Å². The second-order valence-electron chi connectivity index (χ2n) is 7.86. The number of hydrogen-bond donors (Lipinski definition) is 0. The summed E-state index contributed by atoms with van der Waals surface area (Å²) in [7, 11) is 0. The number of hydrogen-bond acceptors (Lipinski definition) is 6. The Balaban J connectivity index is 1.21. The van der Waals surface area contributed by atoms with Gasteiger partial charge in [0.05, 0.1) is 18.4 Å². The summed E-state index contributed by atoms with van der Waals surface area (Å²) in [6.07, 6.45) is 9.13. The van der Waals surface area contributed by atoms with Crippen LogP contribution < -0.4 is 4.74 Å². The van der Waals surface area contributed by atoms with E-state index in [1.165, 1.54) is 5.56 Å². The van der Waals surface area contributed by atoms with Crippen LogP contribution in [0.25, 0.3) is 0 Å². The van der Waals surface area contributed by atoms with Crippen molar-refractivity contribution in [3.05, 3.63) is 35.9 Å². The maximum absolute atomic E-state index is 6.18. The third-order valence-electron chi connectivity index (χ3n) is 5.57. The molecule has 0 N–H and O–H groups in total. The van der Waals surface area contributed by atoms with Gasteiger partial charge in [0.25, 0.3) is 0 Å². The summed E-state index contributed by atoms with van der Waals surface area (Å²) in [5.41, 5.74) is 2.26. The van der Waals surface area contributed by atoms with Gasteiger partial charge in [-0.2, -0.15) is 5.10 Å². The van der Waals surface area contributed by atoms with Crippen LogP contribution in [0.1, 0.15) is 37.4 Å². The van der Waals surface area contributed by atoms with E-state index in [0.29, 0.717) is 18.5 Å². The van der Waals surface area contributed by atoms with Crippen LogP contribution in [0.3, 0.4) is 0 Å². The van der Waals surface area contributed by atoms with E-state index in [1.54, 1.807) is 6.20 Å². The molecule has 2 fully saturated rings. The fourth-order valence-electron chi connectivity index (χ4n) is 4.21. The zero-order valence-corrected chi connectivity index (χ0v) is 16.3. The molecule has 0 aromatic carbocycles. The van der Waals surface area contributed by atoms with Gasteiger partial charge >= 0.3 is 6.01 Å². The van der Waals surface area contributed by atoms with E-state index in [9.17, 15) is 0 Å². The Morgan fingerprint density at radius 2 is 2.26 bits per heavy atom. The van der Waals surface area contributed by atoms with Crippen LogP contribution in [0.4, 0.5) is 0 Å². The molecule has 7 nitrogen and oxygen atoms in total. The largest absolute Gasteiger partial charge is 0.463 e. The first kappa shape index (κ1) is 18.4. The van der Waals surface area contributed by atoms with Crippen LogP contribution >= 0.6 is 0 Å². The van der Waals surface area contributed by atoms with E-state index in [1.807, 2.05) is 23.9 Å². The molecular weight excluding hydrogens is 342 g/mol. The Labute approximate surface area is 160 Å². The maximum Gasteiger partial charge on any atom is 0.316 e. The lowest BCUT2D eigenvalue weighted by Gasteiger charge is -2.53. The van der Waals surface area contributed by atoms with Crippen molar-refractivity contribution in [1.29, 1.82) is 0 Å². The molecule has 0 bridgehead atoms. The molecule has 7 heteroatoms. The first-order valence-electron chi connectivity index (χ1n) is 9.94. The molecule has 0 saturated carbocycles. The van der Waals surface area contributed by atoms with E-state index in [4.69, 9.17) is 9.47 Å². The van der Waals surface area contributed by atoms with E-state index in [-0.39, 0.29) is 5.60 Å². The van der Waals surface area contributed by atoms with Gasteiger partial charge in [0.15, 0.2) is 0 Å². The van der Waals surface area contributed by atoms with Crippen molar-refractivity contribution >= 4 is 0 Å². The quantitative estimate of drug-likeness (QED) is 0.745. The molecule has 2 aliphatic rings. The molecule has 2 aromatic heterocycles. The molecule has 2 aliphatic heterocycles. The average Bonchev–Trinajstić information content (AvgIpc) is 3.09. The van der Waals surface area contributed by atoms with Crippen molar-refractivity contribution in [2.45, 2.75) is 51.8 Å². The number of rotatable bonds is 7. The molecular formula is C20H29N5O2. The minimum Gasteiger partial charge on any atom is -0.463 e. The Morgan fingerprint density at radius 3 is 3.04 bits per heavy atom. The molecule has 27 heavy (non-hydrogen) atoms. The standard InChI is InChI=1S/C20H29N5O2/c1-3-25-13-18(11-22-25)12-24-14-20(15-24)10-17(6-9-27-20)5-8-26-19-21-7-4-16(2)23-19/h4,7,11,13,17H,3,5-6,8-10,12,14-15H2,1-2H3. The zero-order chi connectivity index (χ0) is 18.7. The second kappa shape index (κ2) is 7.94. The van der Waals surface area contributed by atoms with Crippen molar-refractivity contribution in [3.8, 4) is 6.01 Å². The Morgan fingerprint density at radius 1 is 1.37 bits per heavy atom. The highest BCUT2D eigenvalue weighted by Crippen LogP contribution is 2.38. The van der Waals surface area contributed by atoms with Crippen LogP contribution in [-0.4, -0.2) is 56.6 Å². The van der Waals surface area contributed by atoms with Crippen LogP contribution in [0.2, 0.25) is 0 Å². The van der Waals surface area contributed by atoms with Crippen molar-refractivity contribution < 1.29 is 9.47 Å². The van der Waals surface area contributed by atoms with E-state index >= 15 is 0 Å². The molecule has 0 aliphatic carbocycles. The first-order valence-corrected chi connectivity index (χ1v) is 9.94. The molecule has 4 rings (SSSR count). The zero-order valence-electron chi connectivity index (χ0n) is 16.3. The molecule has 2 aromatic rings. The summed E-state index contributed by atoms with van der Waals surface area (Å²) in [6.45, 7) is 9.50. The number of aryl methyl sites for hydroxylation is 2. The fourth-order valence-corrected chi connectivity index (χ4v) is 4.21. The predicted molar refractivity (Wildman–Crippen MR) is 101 cm³/mol. The van der Waals surface area contributed by atoms with Crippen molar-refractivity contribution in [3.63, 3.8) is 0 Å². The van der Waals surface area contributed by atoms with E-state index in [2.05, 4.69) is 33.1 Å². The van der Waals surface area contributed by atoms with Crippen LogP contribution in [-0.2, 0) is 17.8 Å². The third kappa shape index (κ3) is 4.47.